The van der Waals surface area contributed by atoms with E-state index >= 15 is 0 Å². The van der Waals surface area contributed by atoms with E-state index < -0.39 is 0 Å². The minimum Gasteiger partial charge on any atom is -0.450 e. The molecule has 4 N–H and O–H groups in total. The summed E-state index contributed by atoms with van der Waals surface area (Å²) in [5.41, 5.74) is 10.2. The van der Waals surface area contributed by atoms with E-state index in [1.54, 1.807) is 0 Å². The maximum atomic E-state index is 11.9. The molecule has 0 bridgehead atoms. The minimum atomic E-state index is -0.321. The fourth-order valence-electron chi connectivity index (χ4n) is 3.63. The van der Waals surface area contributed by atoms with Gasteiger partial charge < -0.3 is 9.47 Å². The molecule has 1 rings (SSSR count). The molecule has 6 heteroatoms. The highest BCUT2D eigenvalue weighted by atomic mass is 16.5. The highest BCUT2D eigenvalue weighted by Crippen LogP contribution is 2.50. The van der Waals surface area contributed by atoms with Gasteiger partial charge in [0.2, 0.25) is 0 Å². The number of rotatable bonds is 5. The summed E-state index contributed by atoms with van der Waals surface area (Å²) in [7, 11) is 0. The van der Waals surface area contributed by atoms with Crippen LogP contribution >= 0.6 is 0 Å². The Kier molecular flexibility index (Phi) is 5.53. The first-order chi connectivity index (χ1) is 9.21. The van der Waals surface area contributed by atoms with Crippen molar-refractivity contribution in [2.45, 2.75) is 46.5 Å². The number of hydrogen-bond donors (Lipinski definition) is 2. The van der Waals surface area contributed by atoms with Crippen LogP contribution in [0, 0.1) is 16.7 Å². The Balaban J connectivity index is 2.80. The molecule has 0 aromatic rings. The van der Waals surface area contributed by atoms with Crippen LogP contribution in [-0.2, 0) is 19.1 Å². The molecule has 20 heavy (non-hydrogen) atoms. The number of ether oxygens (including phenoxy) is 2. The van der Waals surface area contributed by atoms with Gasteiger partial charge in [0, 0.05) is 0 Å². The molecule has 2 unspecified atom stereocenters. The summed E-state index contributed by atoms with van der Waals surface area (Å²) in [5.74, 6) is -0.824. The lowest BCUT2D eigenvalue weighted by atomic mass is 9.59. The monoisotopic (exact) mass is 286 g/mol. The number of nitrogens with two attached hydrogens (primary N) is 2. The Labute approximate surface area is 120 Å². The molecule has 0 radical (unpaired) electrons. The largest absolute Gasteiger partial charge is 0.450 e. The van der Waals surface area contributed by atoms with E-state index in [1.165, 1.54) is 0 Å². The molecule has 0 heterocycles. The minimum absolute atomic E-state index is 0.0335. The molecule has 6 nitrogen and oxygen atoms in total. The lowest BCUT2D eigenvalue weighted by Crippen LogP contribution is -2.41. The Morgan fingerprint density at radius 3 is 2.25 bits per heavy atom. The quantitative estimate of drug-likeness (QED) is 0.580. The molecule has 0 aliphatic heterocycles. The van der Waals surface area contributed by atoms with Crippen molar-refractivity contribution < 1.29 is 19.1 Å². The van der Waals surface area contributed by atoms with E-state index in [0.717, 1.165) is 12.8 Å². The summed E-state index contributed by atoms with van der Waals surface area (Å²) in [6.45, 7) is 5.98. The molecule has 0 saturated heterocycles. The summed E-state index contributed by atoms with van der Waals surface area (Å²) >= 11 is 0. The Morgan fingerprint density at radius 1 is 1.10 bits per heavy atom. The average molecular weight is 286 g/mol. The van der Waals surface area contributed by atoms with E-state index in [1.807, 2.05) is 6.92 Å². The summed E-state index contributed by atoms with van der Waals surface area (Å²) in [6, 6.07) is 0. The van der Waals surface area contributed by atoms with E-state index in [-0.39, 0.29) is 48.6 Å². The average Bonchev–Trinajstić information content (AvgIpc) is 2.25. The maximum absolute atomic E-state index is 11.9. The lowest BCUT2D eigenvalue weighted by Gasteiger charge is -2.45. The van der Waals surface area contributed by atoms with Crippen molar-refractivity contribution in [3.63, 3.8) is 0 Å². The van der Waals surface area contributed by atoms with E-state index in [0.29, 0.717) is 6.42 Å². The van der Waals surface area contributed by atoms with Gasteiger partial charge in [0.1, 0.15) is 13.5 Å². The summed E-state index contributed by atoms with van der Waals surface area (Å²) < 4.78 is 9.75. The van der Waals surface area contributed by atoms with Crippen molar-refractivity contribution in [1.82, 2.24) is 0 Å². The SMILES string of the molecule is CC1(C)CC(C(=O)OCN)CC(C)(CC(=O)OCN)C1. The topological polar surface area (TPSA) is 105 Å². The third-order valence-electron chi connectivity index (χ3n) is 3.82. The van der Waals surface area contributed by atoms with Gasteiger partial charge in [-0.25, -0.2) is 0 Å². The van der Waals surface area contributed by atoms with Crippen LogP contribution in [0.3, 0.4) is 0 Å². The van der Waals surface area contributed by atoms with Gasteiger partial charge >= 0.3 is 11.9 Å². The third-order valence-corrected chi connectivity index (χ3v) is 3.82. The molecular weight excluding hydrogens is 260 g/mol. The van der Waals surface area contributed by atoms with Crippen molar-refractivity contribution in [2.75, 3.05) is 13.5 Å². The second kappa shape index (κ2) is 6.54. The molecule has 0 spiro atoms. The first-order valence-corrected chi connectivity index (χ1v) is 6.94. The predicted octanol–water partition coefficient (Wildman–Crippen LogP) is 1.13. The number of carbonyl (C=O) groups excluding carboxylic acids is 2. The first kappa shape index (κ1) is 16.9. The molecule has 0 aromatic carbocycles. The Morgan fingerprint density at radius 2 is 1.70 bits per heavy atom. The van der Waals surface area contributed by atoms with Crippen molar-refractivity contribution in [3.05, 3.63) is 0 Å². The molecule has 0 aromatic heterocycles. The lowest BCUT2D eigenvalue weighted by molar-refractivity contribution is -0.157. The van der Waals surface area contributed by atoms with Gasteiger partial charge in [-0.2, -0.15) is 0 Å². The van der Waals surface area contributed by atoms with Gasteiger partial charge in [-0.3, -0.25) is 21.1 Å². The summed E-state index contributed by atoms with van der Waals surface area (Å²) in [5, 5.41) is 0. The smallest absolute Gasteiger partial charge is 0.310 e. The molecule has 1 saturated carbocycles. The number of hydrogen-bond acceptors (Lipinski definition) is 6. The van der Waals surface area contributed by atoms with E-state index in [4.69, 9.17) is 20.9 Å². The maximum Gasteiger partial charge on any atom is 0.310 e. The van der Waals surface area contributed by atoms with Crippen LogP contribution in [0.2, 0.25) is 0 Å². The molecular formula is C14H26N2O4. The highest BCUT2D eigenvalue weighted by molar-refractivity contribution is 5.73. The van der Waals surface area contributed by atoms with E-state index in [2.05, 4.69) is 13.8 Å². The van der Waals surface area contributed by atoms with Crippen LogP contribution in [0.5, 0.6) is 0 Å². The molecule has 0 amide bonds. The van der Waals surface area contributed by atoms with E-state index in [9.17, 15) is 9.59 Å². The van der Waals surface area contributed by atoms with Crippen LogP contribution in [-0.4, -0.2) is 25.4 Å². The second-order valence-corrected chi connectivity index (χ2v) is 6.75. The Bertz CT molecular complexity index is 370. The van der Waals surface area contributed by atoms with Crippen LogP contribution in [0.4, 0.5) is 0 Å². The number of esters is 2. The fraction of sp³-hybridized carbons (Fsp3) is 0.857. The summed E-state index contributed by atoms with van der Waals surface area (Å²) in [4.78, 5) is 23.6. The fourth-order valence-corrected chi connectivity index (χ4v) is 3.63. The van der Waals surface area contributed by atoms with Crippen molar-refractivity contribution in [3.8, 4) is 0 Å². The van der Waals surface area contributed by atoms with Gasteiger partial charge in [0.05, 0.1) is 12.3 Å². The normalized spacial score (nSPS) is 28.8. The van der Waals surface area contributed by atoms with Crippen LogP contribution in [0.25, 0.3) is 0 Å². The zero-order chi connectivity index (χ0) is 15.4. The van der Waals surface area contributed by atoms with Crippen LogP contribution in [0.1, 0.15) is 46.5 Å². The predicted molar refractivity (Wildman–Crippen MR) is 74.1 cm³/mol. The molecule has 1 fully saturated rings. The second-order valence-electron chi connectivity index (χ2n) is 6.75. The standard InChI is InChI=1S/C14H26N2O4/c1-13(2)4-10(12(18)20-9-16)5-14(3,7-13)6-11(17)19-8-15/h10H,4-9,15-16H2,1-3H3. The van der Waals surface area contributed by atoms with Gasteiger partial charge in [-0.15, -0.1) is 0 Å². The first-order valence-electron chi connectivity index (χ1n) is 6.94. The number of carbonyl (C=O) groups is 2. The molecule has 1 aliphatic carbocycles. The summed E-state index contributed by atoms with van der Waals surface area (Å²) in [6.07, 6.45) is 2.47. The van der Waals surface area contributed by atoms with Gasteiger partial charge in [0.15, 0.2) is 0 Å². The zero-order valence-corrected chi connectivity index (χ0v) is 12.6. The van der Waals surface area contributed by atoms with Crippen molar-refractivity contribution >= 4 is 11.9 Å². The van der Waals surface area contributed by atoms with Crippen molar-refractivity contribution in [1.29, 1.82) is 0 Å². The molecule has 116 valence electrons. The van der Waals surface area contributed by atoms with Crippen molar-refractivity contribution in [2.24, 2.45) is 28.2 Å². The van der Waals surface area contributed by atoms with Gasteiger partial charge in [-0.05, 0) is 30.1 Å². The van der Waals surface area contributed by atoms with Gasteiger partial charge in [0.25, 0.3) is 0 Å². The zero-order valence-electron chi connectivity index (χ0n) is 12.6. The Hall–Kier alpha value is -1.14. The van der Waals surface area contributed by atoms with Crippen LogP contribution < -0.4 is 11.5 Å². The van der Waals surface area contributed by atoms with Crippen LogP contribution in [0.15, 0.2) is 0 Å². The molecule has 2 atom stereocenters. The molecule has 1 aliphatic rings. The van der Waals surface area contributed by atoms with Gasteiger partial charge in [-0.1, -0.05) is 20.8 Å². The highest BCUT2D eigenvalue weighted by Gasteiger charge is 2.45. The third kappa shape index (κ3) is 4.76.